The lowest BCUT2D eigenvalue weighted by Gasteiger charge is -2.13. The minimum absolute atomic E-state index is 0. The molecule has 1 aliphatic rings. The molecule has 30 heavy (non-hydrogen) atoms. The third kappa shape index (κ3) is 6.37. The SMILES string of the molecule is CCNC(=NCc1cc2c(cc1OCC)CC(C)O2)NCc1csc(N(C)C)n1.I. The smallest absolute Gasteiger partial charge is 0.191 e. The van der Waals surface area contributed by atoms with Crippen LogP contribution in [0.5, 0.6) is 11.5 Å². The Morgan fingerprint density at radius 3 is 2.80 bits per heavy atom. The molecule has 0 radical (unpaired) electrons. The highest BCUT2D eigenvalue weighted by atomic mass is 127. The molecule has 3 rings (SSSR count). The summed E-state index contributed by atoms with van der Waals surface area (Å²) in [6.07, 6.45) is 1.13. The number of hydrogen-bond acceptors (Lipinski definition) is 6. The number of anilines is 1. The van der Waals surface area contributed by atoms with Crippen molar-refractivity contribution >= 4 is 46.4 Å². The zero-order valence-corrected chi connectivity index (χ0v) is 21.5. The van der Waals surface area contributed by atoms with Crippen molar-refractivity contribution in [3.05, 3.63) is 34.3 Å². The molecule has 0 saturated carbocycles. The summed E-state index contributed by atoms with van der Waals surface area (Å²) < 4.78 is 11.8. The summed E-state index contributed by atoms with van der Waals surface area (Å²) in [5.41, 5.74) is 3.23. The fraction of sp³-hybridized carbons (Fsp3) is 0.524. The van der Waals surface area contributed by atoms with Gasteiger partial charge in [-0.05, 0) is 32.9 Å². The zero-order valence-electron chi connectivity index (χ0n) is 18.3. The molecule has 1 aromatic carbocycles. The van der Waals surface area contributed by atoms with E-state index < -0.39 is 0 Å². The highest BCUT2D eigenvalue weighted by Crippen LogP contribution is 2.35. The summed E-state index contributed by atoms with van der Waals surface area (Å²) >= 11 is 1.64. The maximum Gasteiger partial charge on any atom is 0.191 e. The van der Waals surface area contributed by atoms with Gasteiger partial charge in [-0.1, -0.05) is 0 Å². The molecule has 1 aromatic heterocycles. The summed E-state index contributed by atoms with van der Waals surface area (Å²) in [5, 5.41) is 9.72. The summed E-state index contributed by atoms with van der Waals surface area (Å²) in [6, 6.07) is 4.17. The number of guanidine groups is 1. The van der Waals surface area contributed by atoms with E-state index in [0.29, 0.717) is 19.7 Å². The van der Waals surface area contributed by atoms with Crippen LogP contribution in [0.15, 0.2) is 22.5 Å². The van der Waals surface area contributed by atoms with Crippen LogP contribution in [-0.4, -0.2) is 44.3 Å². The maximum absolute atomic E-state index is 5.92. The number of nitrogens with one attached hydrogen (secondary N) is 2. The molecule has 9 heteroatoms. The van der Waals surface area contributed by atoms with Gasteiger partial charge in [0.1, 0.15) is 17.6 Å². The van der Waals surface area contributed by atoms with Crippen molar-refractivity contribution < 1.29 is 9.47 Å². The lowest BCUT2D eigenvalue weighted by molar-refractivity contribution is 0.254. The highest BCUT2D eigenvalue weighted by molar-refractivity contribution is 14.0. The Hall–Kier alpha value is -1.75. The third-order valence-corrected chi connectivity index (χ3v) is 5.55. The Bertz CT molecular complexity index is 856. The first kappa shape index (κ1) is 24.5. The number of halogens is 1. The minimum atomic E-state index is 0. The average Bonchev–Trinajstić information content (AvgIpc) is 3.29. The Balaban J connectivity index is 0.00000320. The van der Waals surface area contributed by atoms with E-state index in [-0.39, 0.29) is 30.1 Å². The van der Waals surface area contributed by atoms with Crippen molar-refractivity contribution in [2.24, 2.45) is 4.99 Å². The Morgan fingerprint density at radius 2 is 2.13 bits per heavy atom. The lowest BCUT2D eigenvalue weighted by Crippen LogP contribution is -2.36. The molecule has 0 spiro atoms. The third-order valence-electron chi connectivity index (χ3n) is 4.49. The van der Waals surface area contributed by atoms with Crippen LogP contribution in [0.1, 0.15) is 37.6 Å². The molecule has 2 heterocycles. The summed E-state index contributed by atoms with van der Waals surface area (Å²) in [4.78, 5) is 11.4. The fourth-order valence-corrected chi connectivity index (χ4v) is 3.92. The van der Waals surface area contributed by atoms with E-state index in [4.69, 9.17) is 14.5 Å². The average molecular weight is 545 g/mol. The molecule has 0 aliphatic carbocycles. The largest absolute Gasteiger partial charge is 0.494 e. The van der Waals surface area contributed by atoms with Crippen LogP contribution in [-0.2, 0) is 19.5 Å². The number of thiazole rings is 1. The van der Waals surface area contributed by atoms with Gasteiger partial charge in [-0.25, -0.2) is 9.98 Å². The molecule has 0 bridgehead atoms. The van der Waals surface area contributed by atoms with E-state index in [0.717, 1.165) is 46.8 Å². The molecular weight excluding hydrogens is 513 g/mol. The van der Waals surface area contributed by atoms with Gasteiger partial charge in [0.25, 0.3) is 0 Å². The van der Waals surface area contributed by atoms with Gasteiger partial charge in [-0.3, -0.25) is 0 Å². The molecular formula is C21H32IN5O2S. The van der Waals surface area contributed by atoms with Crippen molar-refractivity contribution in [3.8, 4) is 11.5 Å². The Labute approximate surface area is 200 Å². The Kier molecular flexibility index (Phi) is 9.47. The van der Waals surface area contributed by atoms with Crippen LogP contribution >= 0.6 is 35.3 Å². The van der Waals surface area contributed by atoms with Crippen LogP contribution in [0.4, 0.5) is 5.13 Å². The normalized spacial score (nSPS) is 15.1. The molecule has 1 aliphatic heterocycles. The van der Waals surface area contributed by atoms with E-state index in [2.05, 4.69) is 47.0 Å². The van der Waals surface area contributed by atoms with E-state index in [1.807, 2.05) is 25.9 Å². The van der Waals surface area contributed by atoms with Gasteiger partial charge in [-0.2, -0.15) is 0 Å². The fourth-order valence-electron chi connectivity index (χ4n) is 3.16. The molecule has 0 amide bonds. The maximum atomic E-state index is 5.92. The lowest BCUT2D eigenvalue weighted by atomic mass is 10.1. The Morgan fingerprint density at radius 1 is 1.33 bits per heavy atom. The first-order chi connectivity index (χ1) is 14.0. The second kappa shape index (κ2) is 11.6. The minimum Gasteiger partial charge on any atom is -0.494 e. The summed E-state index contributed by atoms with van der Waals surface area (Å²) in [7, 11) is 4.00. The van der Waals surface area contributed by atoms with Crippen molar-refractivity contribution in [3.63, 3.8) is 0 Å². The molecule has 0 fully saturated rings. The molecule has 2 N–H and O–H groups in total. The van der Waals surface area contributed by atoms with E-state index in [9.17, 15) is 0 Å². The standard InChI is InChI=1S/C21H31N5O2S.HI/c1-6-22-20(24-12-17-13-29-21(25-17)26(4)5)23-11-16-10-19-15(8-14(3)28-19)9-18(16)27-7-2;/h9-10,13-14H,6-8,11-12H2,1-5H3,(H2,22,23,24);1H. The molecule has 2 aromatic rings. The van der Waals surface area contributed by atoms with Gasteiger partial charge in [-0.15, -0.1) is 35.3 Å². The van der Waals surface area contributed by atoms with Crippen LogP contribution in [0.2, 0.25) is 0 Å². The molecule has 1 atom stereocenters. The van der Waals surface area contributed by atoms with Crippen molar-refractivity contribution in [1.29, 1.82) is 0 Å². The summed E-state index contributed by atoms with van der Waals surface area (Å²) in [6.45, 7) is 8.69. The molecule has 0 saturated heterocycles. The second-order valence-corrected chi connectivity index (χ2v) is 8.03. The first-order valence-corrected chi connectivity index (χ1v) is 11.0. The number of nitrogens with zero attached hydrogens (tertiary/aromatic N) is 3. The van der Waals surface area contributed by atoms with Crippen molar-refractivity contribution in [2.45, 2.75) is 46.4 Å². The molecule has 1 unspecified atom stereocenters. The van der Waals surface area contributed by atoms with Gasteiger partial charge in [0.05, 0.1) is 25.4 Å². The topological polar surface area (TPSA) is 71.0 Å². The highest BCUT2D eigenvalue weighted by Gasteiger charge is 2.21. The predicted octanol–water partition coefficient (Wildman–Crippen LogP) is 3.80. The van der Waals surface area contributed by atoms with Crippen LogP contribution in [0, 0.1) is 0 Å². The predicted molar refractivity (Wildman–Crippen MR) is 135 cm³/mol. The number of fused-ring (bicyclic) bond motifs is 1. The van der Waals surface area contributed by atoms with Gasteiger partial charge in [0.2, 0.25) is 0 Å². The number of benzene rings is 1. The quantitative estimate of drug-likeness (QED) is 0.299. The van der Waals surface area contributed by atoms with Gasteiger partial charge >= 0.3 is 0 Å². The molecule has 7 nitrogen and oxygen atoms in total. The zero-order chi connectivity index (χ0) is 20.8. The van der Waals surface area contributed by atoms with Crippen molar-refractivity contribution in [1.82, 2.24) is 15.6 Å². The van der Waals surface area contributed by atoms with Crippen LogP contribution in [0.3, 0.4) is 0 Å². The number of rotatable bonds is 8. The van der Waals surface area contributed by atoms with Gasteiger partial charge in [0, 0.05) is 43.6 Å². The molecule has 166 valence electrons. The second-order valence-electron chi connectivity index (χ2n) is 7.20. The van der Waals surface area contributed by atoms with Crippen LogP contribution in [0.25, 0.3) is 0 Å². The van der Waals surface area contributed by atoms with E-state index in [1.54, 1.807) is 11.3 Å². The first-order valence-electron chi connectivity index (χ1n) is 10.1. The van der Waals surface area contributed by atoms with Gasteiger partial charge < -0.3 is 25.0 Å². The van der Waals surface area contributed by atoms with E-state index in [1.165, 1.54) is 5.56 Å². The number of aromatic nitrogens is 1. The monoisotopic (exact) mass is 545 g/mol. The number of aliphatic imine (C=N–C) groups is 1. The van der Waals surface area contributed by atoms with Gasteiger partial charge in [0.15, 0.2) is 11.1 Å². The number of ether oxygens (including phenoxy) is 2. The summed E-state index contributed by atoms with van der Waals surface area (Å²) in [5.74, 6) is 2.59. The van der Waals surface area contributed by atoms with E-state index >= 15 is 0 Å². The number of hydrogen-bond donors (Lipinski definition) is 2. The van der Waals surface area contributed by atoms with Crippen LogP contribution < -0.4 is 25.0 Å². The van der Waals surface area contributed by atoms with Crippen molar-refractivity contribution in [2.75, 3.05) is 32.1 Å².